The van der Waals surface area contributed by atoms with Gasteiger partial charge >= 0.3 is 5.97 Å². The zero-order chi connectivity index (χ0) is 13.4. The van der Waals surface area contributed by atoms with Crippen LogP contribution in [0.25, 0.3) is 0 Å². The maximum Gasteiger partial charge on any atom is 0.358 e. The number of aromatic nitrogens is 3. The molecule has 0 bridgehead atoms. The summed E-state index contributed by atoms with van der Waals surface area (Å²) in [5.74, 6) is -0.175. The molecule has 2 heterocycles. The van der Waals surface area contributed by atoms with Crippen molar-refractivity contribution in [2.75, 3.05) is 13.1 Å². The number of nitrogens with zero attached hydrogens (tertiary/aromatic N) is 4. The van der Waals surface area contributed by atoms with Gasteiger partial charge in [0, 0.05) is 19.1 Å². The standard InChI is InChI=1S/C13H20N4O2/c1-9-3-2-4-10(5-9)16-6-11(7-16)17-8-12(13(18)19)14-15-17/h8-11H,2-7H2,1H3,(H,18,19). The molecule has 104 valence electrons. The van der Waals surface area contributed by atoms with Crippen LogP contribution in [0.5, 0.6) is 0 Å². The number of rotatable bonds is 3. The van der Waals surface area contributed by atoms with Gasteiger partial charge in [-0.05, 0) is 18.8 Å². The largest absolute Gasteiger partial charge is 0.476 e. The lowest BCUT2D eigenvalue weighted by atomic mass is 9.84. The van der Waals surface area contributed by atoms with Crippen LogP contribution >= 0.6 is 0 Å². The molecule has 1 N–H and O–H groups in total. The first-order valence-electron chi connectivity index (χ1n) is 7.02. The molecule has 1 saturated carbocycles. The number of aromatic carboxylic acids is 1. The topological polar surface area (TPSA) is 71.2 Å². The molecule has 3 rings (SSSR count). The third-order valence-electron chi connectivity index (χ3n) is 4.42. The fraction of sp³-hybridized carbons (Fsp3) is 0.769. The second kappa shape index (κ2) is 4.92. The summed E-state index contributed by atoms with van der Waals surface area (Å²) in [7, 11) is 0. The van der Waals surface area contributed by atoms with Gasteiger partial charge in [-0.3, -0.25) is 4.90 Å². The first-order chi connectivity index (χ1) is 9.13. The Morgan fingerprint density at radius 1 is 1.37 bits per heavy atom. The Balaban J connectivity index is 1.55. The van der Waals surface area contributed by atoms with E-state index >= 15 is 0 Å². The van der Waals surface area contributed by atoms with Crippen molar-refractivity contribution in [1.29, 1.82) is 0 Å². The fourth-order valence-electron chi connectivity index (χ4n) is 3.24. The monoisotopic (exact) mass is 264 g/mol. The quantitative estimate of drug-likeness (QED) is 0.893. The Kier molecular flexibility index (Phi) is 3.26. The summed E-state index contributed by atoms with van der Waals surface area (Å²) < 4.78 is 1.70. The molecule has 1 aromatic rings. The summed E-state index contributed by atoms with van der Waals surface area (Å²) in [6.07, 6.45) is 6.82. The molecular formula is C13H20N4O2. The molecule has 6 heteroatoms. The van der Waals surface area contributed by atoms with Crippen molar-refractivity contribution in [3.8, 4) is 0 Å². The molecule has 1 aliphatic carbocycles. The smallest absolute Gasteiger partial charge is 0.358 e. The van der Waals surface area contributed by atoms with E-state index in [0.717, 1.165) is 19.0 Å². The molecule has 0 spiro atoms. The Hall–Kier alpha value is -1.43. The Bertz CT molecular complexity index is 467. The summed E-state index contributed by atoms with van der Waals surface area (Å²) in [6, 6.07) is 1.00. The van der Waals surface area contributed by atoms with E-state index in [-0.39, 0.29) is 11.7 Å². The lowest BCUT2D eigenvalue weighted by molar-refractivity contribution is 0.0262. The summed E-state index contributed by atoms with van der Waals surface area (Å²) in [5.41, 5.74) is 0.0322. The van der Waals surface area contributed by atoms with Gasteiger partial charge in [0.25, 0.3) is 0 Å². The van der Waals surface area contributed by atoms with E-state index in [4.69, 9.17) is 5.11 Å². The molecule has 2 atom stereocenters. The van der Waals surface area contributed by atoms with Crippen LogP contribution in [0.15, 0.2) is 6.20 Å². The fourth-order valence-corrected chi connectivity index (χ4v) is 3.24. The van der Waals surface area contributed by atoms with Crippen molar-refractivity contribution >= 4 is 5.97 Å². The minimum atomic E-state index is -1.01. The molecule has 0 aromatic carbocycles. The average molecular weight is 264 g/mol. The number of hydrogen-bond donors (Lipinski definition) is 1. The van der Waals surface area contributed by atoms with Crippen LogP contribution in [-0.4, -0.2) is 50.1 Å². The van der Waals surface area contributed by atoms with Gasteiger partial charge in [-0.1, -0.05) is 25.0 Å². The summed E-state index contributed by atoms with van der Waals surface area (Å²) in [6.45, 7) is 4.28. The van der Waals surface area contributed by atoms with Gasteiger partial charge in [-0.15, -0.1) is 5.10 Å². The third-order valence-corrected chi connectivity index (χ3v) is 4.42. The van der Waals surface area contributed by atoms with Crippen molar-refractivity contribution in [2.24, 2.45) is 5.92 Å². The van der Waals surface area contributed by atoms with Gasteiger partial charge in [-0.25, -0.2) is 9.48 Å². The van der Waals surface area contributed by atoms with Crippen LogP contribution in [-0.2, 0) is 0 Å². The average Bonchev–Trinajstić information content (AvgIpc) is 2.76. The van der Waals surface area contributed by atoms with Gasteiger partial charge < -0.3 is 5.11 Å². The van der Waals surface area contributed by atoms with Crippen LogP contribution < -0.4 is 0 Å². The van der Waals surface area contributed by atoms with Gasteiger partial charge in [0.1, 0.15) is 0 Å². The highest BCUT2D eigenvalue weighted by Crippen LogP contribution is 2.32. The second-order valence-electron chi connectivity index (χ2n) is 5.92. The van der Waals surface area contributed by atoms with Crippen molar-refractivity contribution in [3.63, 3.8) is 0 Å². The third kappa shape index (κ3) is 2.49. The van der Waals surface area contributed by atoms with Crippen molar-refractivity contribution in [3.05, 3.63) is 11.9 Å². The van der Waals surface area contributed by atoms with Crippen molar-refractivity contribution in [1.82, 2.24) is 19.9 Å². The molecule has 1 aliphatic heterocycles. The molecule has 1 saturated heterocycles. The predicted octanol–water partition coefficient (Wildman–Crippen LogP) is 1.41. The number of hydrogen-bond acceptors (Lipinski definition) is 4. The minimum absolute atomic E-state index is 0.0322. The normalized spacial score (nSPS) is 29.1. The van der Waals surface area contributed by atoms with E-state index in [2.05, 4.69) is 22.1 Å². The van der Waals surface area contributed by atoms with Gasteiger partial charge in [0.2, 0.25) is 0 Å². The zero-order valence-corrected chi connectivity index (χ0v) is 11.2. The summed E-state index contributed by atoms with van der Waals surface area (Å²) in [5, 5.41) is 16.4. The molecule has 2 unspecified atom stereocenters. The molecule has 2 fully saturated rings. The number of carbonyl (C=O) groups is 1. The number of carboxylic acid groups (broad SMARTS) is 1. The highest BCUT2D eigenvalue weighted by atomic mass is 16.4. The van der Waals surface area contributed by atoms with Crippen LogP contribution in [0, 0.1) is 5.92 Å². The first-order valence-corrected chi connectivity index (χ1v) is 7.02. The van der Waals surface area contributed by atoms with E-state index in [1.165, 1.54) is 31.9 Å². The van der Waals surface area contributed by atoms with Crippen LogP contribution in [0.3, 0.4) is 0 Å². The molecule has 1 aromatic heterocycles. The van der Waals surface area contributed by atoms with E-state index < -0.39 is 5.97 Å². The minimum Gasteiger partial charge on any atom is -0.476 e. The lowest BCUT2D eigenvalue weighted by Crippen LogP contribution is -2.53. The molecule has 6 nitrogen and oxygen atoms in total. The van der Waals surface area contributed by atoms with E-state index in [0.29, 0.717) is 6.04 Å². The highest BCUT2D eigenvalue weighted by molar-refractivity contribution is 5.84. The molecular weight excluding hydrogens is 244 g/mol. The van der Waals surface area contributed by atoms with Gasteiger partial charge in [0.15, 0.2) is 5.69 Å². The zero-order valence-electron chi connectivity index (χ0n) is 11.2. The van der Waals surface area contributed by atoms with E-state index in [1.807, 2.05) is 0 Å². The molecule has 0 radical (unpaired) electrons. The molecule has 19 heavy (non-hydrogen) atoms. The molecule has 0 amide bonds. The Labute approximate surface area is 112 Å². The van der Waals surface area contributed by atoms with E-state index in [9.17, 15) is 4.79 Å². The van der Waals surface area contributed by atoms with Gasteiger partial charge in [0.05, 0.1) is 12.2 Å². The second-order valence-corrected chi connectivity index (χ2v) is 5.92. The lowest BCUT2D eigenvalue weighted by Gasteiger charge is -2.46. The predicted molar refractivity (Wildman–Crippen MR) is 69.0 cm³/mol. The Morgan fingerprint density at radius 2 is 2.16 bits per heavy atom. The maximum atomic E-state index is 10.8. The summed E-state index contributed by atoms with van der Waals surface area (Å²) >= 11 is 0. The van der Waals surface area contributed by atoms with Crippen LogP contribution in [0.2, 0.25) is 0 Å². The van der Waals surface area contributed by atoms with Crippen molar-refractivity contribution < 1.29 is 9.90 Å². The SMILES string of the molecule is CC1CCCC(N2CC(n3cc(C(=O)O)nn3)C2)C1. The van der Waals surface area contributed by atoms with Crippen LogP contribution in [0.4, 0.5) is 0 Å². The number of likely N-dealkylation sites (tertiary alicyclic amines) is 1. The first kappa shape index (κ1) is 12.6. The van der Waals surface area contributed by atoms with Crippen molar-refractivity contribution in [2.45, 2.75) is 44.7 Å². The van der Waals surface area contributed by atoms with Gasteiger partial charge in [-0.2, -0.15) is 0 Å². The molecule has 2 aliphatic rings. The summed E-state index contributed by atoms with van der Waals surface area (Å²) in [4.78, 5) is 13.3. The van der Waals surface area contributed by atoms with Crippen LogP contribution in [0.1, 0.15) is 49.1 Å². The van der Waals surface area contributed by atoms with E-state index in [1.54, 1.807) is 4.68 Å². The number of carboxylic acids is 1. The maximum absolute atomic E-state index is 10.8. The highest BCUT2D eigenvalue weighted by Gasteiger charge is 2.35. The Morgan fingerprint density at radius 3 is 2.79 bits per heavy atom.